The van der Waals surface area contributed by atoms with E-state index in [1.165, 1.54) is 4.68 Å². The first-order chi connectivity index (χ1) is 7.63. The molecular formula is C9H10N4O3. The Morgan fingerprint density at radius 3 is 3.00 bits per heavy atom. The summed E-state index contributed by atoms with van der Waals surface area (Å²) in [5, 5.41) is 3.93. The molecule has 0 bridgehead atoms. The molecule has 0 amide bonds. The molecule has 2 aromatic heterocycles. The minimum Gasteiger partial charge on any atom is -0.449 e. The number of aromatic nitrogens is 4. The van der Waals surface area contributed by atoms with Gasteiger partial charge in [0.05, 0.1) is 12.8 Å². The summed E-state index contributed by atoms with van der Waals surface area (Å²) in [6.07, 6.45) is 2.00. The maximum absolute atomic E-state index is 11.8. The monoisotopic (exact) mass is 222 g/mol. The SMILES string of the molecule is CCOC(=O)n1cnc2cn(C)nc2c1=O. The first kappa shape index (κ1) is 10.3. The Hall–Kier alpha value is -2.18. The highest BCUT2D eigenvalue weighted by Gasteiger charge is 2.13. The van der Waals surface area contributed by atoms with Crippen molar-refractivity contribution < 1.29 is 9.53 Å². The van der Waals surface area contributed by atoms with Crippen LogP contribution in [-0.4, -0.2) is 32.0 Å². The molecule has 0 aromatic carbocycles. The van der Waals surface area contributed by atoms with Gasteiger partial charge in [-0.05, 0) is 6.92 Å². The van der Waals surface area contributed by atoms with Crippen LogP contribution in [0, 0.1) is 0 Å². The lowest BCUT2D eigenvalue weighted by molar-refractivity contribution is 0.152. The van der Waals surface area contributed by atoms with Gasteiger partial charge in [0.15, 0.2) is 5.52 Å². The summed E-state index contributed by atoms with van der Waals surface area (Å²) in [6.45, 7) is 1.86. The molecule has 0 aliphatic rings. The van der Waals surface area contributed by atoms with Crippen molar-refractivity contribution in [1.82, 2.24) is 19.3 Å². The molecule has 16 heavy (non-hydrogen) atoms. The predicted octanol–water partition coefficient (Wildman–Crippen LogP) is 0.135. The van der Waals surface area contributed by atoms with Gasteiger partial charge in [0, 0.05) is 7.05 Å². The fraction of sp³-hybridized carbons (Fsp3) is 0.333. The van der Waals surface area contributed by atoms with Gasteiger partial charge < -0.3 is 4.74 Å². The van der Waals surface area contributed by atoms with Gasteiger partial charge in [-0.3, -0.25) is 9.48 Å². The molecule has 0 saturated heterocycles. The number of rotatable bonds is 1. The highest BCUT2D eigenvalue weighted by molar-refractivity contribution is 5.77. The molecule has 0 aliphatic carbocycles. The zero-order chi connectivity index (χ0) is 11.7. The summed E-state index contributed by atoms with van der Waals surface area (Å²) in [5.41, 5.74) is 0.0788. The van der Waals surface area contributed by atoms with Crippen LogP contribution in [-0.2, 0) is 11.8 Å². The van der Waals surface area contributed by atoms with Crippen molar-refractivity contribution in [3.05, 3.63) is 22.9 Å². The van der Waals surface area contributed by atoms with E-state index in [1.54, 1.807) is 20.2 Å². The van der Waals surface area contributed by atoms with Crippen LogP contribution >= 0.6 is 0 Å². The highest BCUT2D eigenvalue weighted by Crippen LogP contribution is 2.02. The van der Waals surface area contributed by atoms with Gasteiger partial charge in [0.25, 0.3) is 5.56 Å². The Kier molecular flexibility index (Phi) is 2.43. The summed E-state index contributed by atoms with van der Waals surface area (Å²) >= 11 is 0. The quantitative estimate of drug-likeness (QED) is 0.685. The first-order valence-corrected chi connectivity index (χ1v) is 4.71. The Labute approximate surface area is 90.3 Å². The average Bonchev–Trinajstić information content (AvgIpc) is 2.60. The molecule has 0 N–H and O–H groups in total. The van der Waals surface area contributed by atoms with Crippen molar-refractivity contribution in [3.63, 3.8) is 0 Å². The summed E-state index contributed by atoms with van der Waals surface area (Å²) in [6, 6.07) is 0. The van der Waals surface area contributed by atoms with E-state index >= 15 is 0 Å². The molecular weight excluding hydrogens is 212 g/mol. The molecule has 0 aliphatic heterocycles. The lowest BCUT2D eigenvalue weighted by atomic mass is 10.5. The molecule has 0 radical (unpaired) electrons. The van der Waals surface area contributed by atoms with Crippen LogP contribution in [0.2, 0.25) is 0 Å². The lowest BCUT2D eigenvalue weighted by Crippen LogP contribution is -2.28. The van der Waals surface area contributed by atoms with Crippen LogP contribution in [0.15, 0.2) is 17.3 Å². The van der Waals surface area contributed by atoms with Crippen molar-refractivity contribution in [3.8, 4) is 0 Å². The van der Waals surface area contributed by atoms with Crippen molar-refractivity contribution in [2.75, 3.05) is 6.61 Å². The zero-order valence-electron chi connectivity index (χ0n) is 8.88. The Morgan fingerprint density at radius 1 is 1.56 bits per heavy atom. The molecule has 0 atom stereocenters. The van der Waals surface area contributed by atoms with Crippen LogP contribution in [0.4, 0.5) is 4.79 Å². The molecule has 0 saturated carbocycles. The van der Waals surface area contributed by atoms with E-state index in [0.717, 1.165) is 10.9 Å². The molecule has 7 nitrogen and oxygen atoms in total. The lowest BCUT2D eigenvalue weighted by Gasteiger charge is -2.02. The number of hydrogen-bond acceptors (Lipinski definition) is 5. The predicted molar refractivity (Wildman–Crippen MR) is 55.2 cm³/mol. The molecule has 2 aromatic rings. The Morgan fingerprint density at radius 2 is 2.31 bits per heavy atom. The maximum Gasteiger partial charge on any atom is 0.422 e. The molecule has 7 heteroatoms. The Bertz CT molecular complexity index is 598. The molecule has 2 heterocycles. The number of carbonyl (C=O) groups is 1. The highest BCUT2D eigenvalue weighted by atomic mass is 16.5. The summed E-state index contributed by atoms with van der Waals surface area (Å²) in [4.78, 5) is 27.1. The van der Waals surface area contributed by atoms with E-state index in [0.29, 0.717) is 5.52 Å². The minimum atomic E-state index is -0.743. The maximum atomic E-state index is 11.8. The number of ether oxygens (including phenoxy) is 1. The summed E-state index contributed by atoms with van der Waals surface area (Å²) < 4.78 is 6.99. The summed E-state index contributed by atoms with van der Waals surface area (Å²) in [7, 11) is 1.68. The fourth-order valence-corrected chi connectivity index (χ4v) is 1.33. The van der Waals surface area contributed by atoms with Gasteiger partial charge in [-0.1, -0.05) is 0 Å². The summed E-state index contributed by atoms with van der Waals surface area (Å²) in [5.74, 6) is 0. The van der Waals surface area contributed by atoms with Crippen LogP contribution < -0.4 is 5.56 Å². The normalized spacial score (nSPS) is 10.6. The third kappa shape index (κ3) is 1.56. The molecule has 0 fully saturated rings. The van der Waals surface area contributed by atoms with Crippen LogP contribution in [0.1, 0.15) is 6.92 Å². The van der Waals surface area contributed by atoms with Gasteiger partial charge >= 0.3 is 6.09 Å². The number of fused-ring (bicyclic) bond motifs is 1. The average molecular weight is 222 g/mol. The van der Waals surface area contributed by atoms with Crippen LogP contribution in [0.5, 0.6) is 0 Å². The second-order valence-electron chi connectivity index (χ2n) is 3.16. The van der Waals surface area contributed by atoms with Crippen molar-refractivity contribution in [2.24, 2.45) is 7.05 Å². The van der Waals surface area contributed by atoms with Crippen molar-refractivity contribution >= 4 is 17.1 Å². The van der Waals surface area contributed by atoms with Crippen molar-refractivity contribution in [1.29, 1.82) is 0 Å². The van der Waals surface area contributed by atoms with Gasteiger partial charge in [0.2, 0.25) is 0 Å². The second-order valence-corrected chi connectivity index (χ2v) is 3.16. The van der Waals surface area contributed by atoms with Gasteiger partial charge in [-0.15, -0.1) is 0 Å². The molecule has 84 valence electrons. The van der Waals surface area contributed by atoms with Gasteiger partial charge in [0.1, 0.15) is 11.8 Å². The number of nitrogens with zero attached hydrogens (tertiary/aromatic N) is 4. The van der Waals surface area contributed by atoms with E-state index in [-0.39, 0.29) is 12.1 Å². The topological polar surface area (TPSA) is 79.0 Å². The molecule has 2 rings (SSSR count). The standard InChI is InChI=1S/C9H10N4O3/c1-3-16-9(15)13-5-10-6-4-12(2)11-7(6)8(13)14/h4-5H,3H2,1-2H3. The van der Waals surface area contributed by atoms with E-state index < -0.39 is 11.7 Å². The number of aryl methyl sites for hydroxylation is 1. The van der Waals surface area contributed by atoms with E-state index in [9.17, 15) is 9.59 Å². The van der Waals surface area contributed by atoms with Crippen LogP contribution in [0.25, 0.3) is 11.0 Å². The molecule has 0 unspecified atom stereocenters. The first-order valence-electron chi connectivity index (χ1n) is 4.71. The largest absolute Gasteiger partial charge is 0.449 e. The minimum absolute atomic E-state index is 0.151. The van der Waals surface area contributed by atoms with E-state index in [1.807, 2.05) is 0 Å². The van der Waals surface area contributed by atoms with Crippen LogP contribution in [0.3, 0.4) is 0 Å². The number of carbonyl (C=O) groups excluding carboxylic acids is 1. The van der Waals surface area contributed by atoms with E-state index in [2.05, 4.69) is 10.1 Å². The third-order valence-corrected chi connectivity index (χ3v) is 2.01. The second kappa shape index (κ2) is 3.76. The van der Waals surface area contributed by atoms with E-state index in [4.69, 9.17) is 4.74 Å². The van der Waals surface area contributed by atoms with Gasteiger partial charge in [-0.25, -0.2) is 9.78 Å². The Balaban J connectivity index is 2.60. The smallest absolute Gasteiger partial charge is 0.422 e. The molecule has 0 spiro atoms. The van der Waals surface area contributed by atoms with Gasteiger partial charge in [-0.2, -0.15) is 9.67 Å². The third-order valence-electron chi connectivity index (χ3n) is 2.01. The van der Waals surface area contributed by atoms with Crippen molar-refractivity contribution in [2.45, 2.75) is 6.92 Å². The zero-order valence-corrected chi connectivity index (χ0v) is 8.88. The fourth-order valence-electron chi connectivity index (χ4n) is 1.33. The number of hydrogen-bond donors (Lipinski definition) is 0.